The second kappa shape index (κ2) is 14.2. The van der Waals surface area contributed by atoms with Crippen molar-refractivity contribution in [1.82, 2.24) is 9.97 Å². The Morgan fingerprint density at radius 2 is 1.70 bits per heavy atom. The van der Waals surface area contributed by atoms with Crippen LogP contribution < -0.4 is 31.9 Å². The number of Topliss-reactive ketones (excluding diaryl/α,β-unsaturated/α-hetero) is 1. The highest BCUT2D eigenvalue weighted by atomic mass is 32.2. The number of hydrogen-bond acceptors (Lipinski definition) is 12. The number of hydrogen-bond donors (Lipinski definition) is 7. The van der Waals surface area contributed by atoms with E-state index >= 15 is 0 Å². The molecule has 0 unspecified atom stereocenters. The molecule has 2 aromatic carbocycles. The van der Waals surface area contributed by atoms with Crippen LogP contribution in [0.15, 0.2) is 52.1 Å². The summed E-state index contributed by atoms with van der Waals surface area (Å²) in [6.45, 7) is 0.358. The molecule has 2 heterocycles. The summed E-state index contributed by atoms with van der Waals surface area (Å²) in [5.41, 5.74) is 6.87. The maximum Gasteiger partial charge on any atom is 0.327 e. The van der Waals surface area contributed by atoms with Crippen molar-refractivity contribution in [3.8, 4) is 0 Å². The number of aromatic amines is 2. The molecule has 1 aliphatic heterocycles. The molecular formula is C29H34N5O9S-. The summed E-state index contributed by atoms with van der Waals surface area (Å²) in [6.07, 6.45) is -5.27. The van der Waals surface area contributed by atoms with Crippen molar-refractivity contribution >= 4 is 46.4 Å². The number of nitrogens with zero attached hydrogens (tertiary/aromatic N) is 2. The van der Waals surface area contributed by atoms with E-state index in [9.17, 15) is 39.6 Å². The van der Waals surface area contributed by atoms with Gasteiger partial charge in [-0.25, -0.2) is 4.79 Å². The number of anilines is 4. The molecule has 1 aliphatic rings. The Hall–Kier alpha value is -3.99. The number of nitrogens with one attached hydrogen (secondary N) is 2. The van der Waals surface area contributed by atoms with Crippen LogP contribution in [-0.2, 0) is 10.5 Å². The van der Waals surface area contributed by atoms with E-state index < -0.39 is 54.7 Å². The summed E-state index contributed by atoms with van der Waals surface area (Å²) in [5, 5.41) is 51.4. The number of aliphatic hydroxyl groups excluding tert-OH is 3. The van der Waals surface area contributed by atoms with Gasteiger partial charge < -0.3 is 41.1 Å². The molecule has 0 amide bonds. The third-order valence-electron chi connectivity index (χ3n) is 7.31. The van der Waals surface area contributed by atoms with Gasteiger partial charge in [-0.15, -0.1) is 6.61 Å². The number of rotatable bonds is 14. The SMILES string of the molecule is Cc1cc2c(cc1CSC[C@H](N)C(=O)O)N(C[C@@H](O)[C@@H](O)[C@@H](O)C[O-])c1[nH]c(=O)[nH]c(=O)c1N2CCC(=O)c1ccccc1. The predicted octanol–water partition coefficient (Wildman–Crippen LogP) is -0.678. The van der Waals surface area contributed by atoms with E-state index in [1.165, 1.54) is 16.7 Å². The average Bonchev–Trinajstić information content (AvgIpc) is 3.00. The predicted molar refractivity (Wildman–Crippen MR) is 163 cm³/mol. The van der Waals surface area contributed by atoms with Crippen LogP contribution in [0, 0.1) is 6.92 Å². The van der Waals surface area contributed by atoms with E-state index in [0.717, 1.165) is 11.1 Å². The number of carbonyl (C=O) groups is 2. The average molecular weight is 629 g/mol. The lowest BCUT2D eigenvalue weighted by molar-refractivity contribution is -0.389. The van der Waals surface area contributed by atoms with Gasteiger partial charge in [-0.05, 0) is 30.2 Å². The highest BCUT2D eigenvalue weighted by Crippen LogP contribution is 2.46. The van der Waals surface area contributed by atoms with Gasteiger partial charge in [0.2, 0.25) is 0 Å². The van der Waals surface area contributed by atoms with Gasteiger partial charge in [0, 0.05) is 30.0 Å². The molecule has 0 radical (unpaired) electrons. The van der Waals surface area contributed by atoms with E-state index in [0.29, 0.717) is 22.7 Å². The van der Waals surface area contributed by atoms with Crippen molar-refractivity contribution in [2.24, 2.45) is 5.73 Å². The number of benzene rings is 2. The zero-order valence-corrected chi connectivity index (χ0v) is 24.6. The molecule has 0 aliphatic carbocycles. The Labute approximate surface area is 255 Å². The number of nitrogens with two attached hydrogens (primary N) is 1. The third kappa shape index (κ3) is 7.20. The first kappa shape index (κ1) is 32.9. The Balaban J connectivity index is 1.80. The van der Waals surface area contributed by atoms with Crippen molar-refractivity contribution < 1.29 is 35.1 Å². The number of β-amino-alcohol motifs (C(OH)–C–C–N with tert-alkyl or cyclic N) is 1. The maximum atomic E-state index is 13.3. The molecule has 3 aromatic rings. The third-order valence-corrected chi connectivity index (χ3v) is 8.42. The lowest BCUT2D eigenvalue weighted by Gasteiger charge is -2.41. The molecule has 14 nitrogen and oxygen atoms in total. The summed E-state index contributed by atoms with van der Waals surface area (Å²) in [7, 11) is 0. The van der Waals surface area contributed by atoms with Crippen LogP contribution in [0.2, 0.25) is 0 Å². The standard InChI is InChI=1S/C29H34N5O9S/c1-15-9-19-20(10-17(15)13-44-14-18(30)28(41)42)34(11-22(37)25(39)23(38)12-35)26-24(27(40)32-29(43)31-26)33(19)8-7-21(36)16-5-3-2-4-6-16/h2-6,9-10,18,22-23,25,37-39H,7-8,11-14,30H2,1H3,(H,41,42)(H2,31,32,40,43)/q-1/t18-,22+,23-,25+/m0/s1. The molecule has 0 saturated heterocycles. The fourth-order valence-electron chi connectivity index (χ4n) is 4.89. The second-order valence-corrected chi connectivity index (χ2v) is 11.5. The first-order valence-electron chi connectivity index (χ1n) is 13.7. The van der Waals surface area contributed by atoms with Gasteiger partial charge in [0.15, 0.2) is 5.78 Å². The number of aryl methyl sites for hydroxylation is 1. The summed E-state index contributed by atoms with van der Waals surface area (Å²) in [6, 6.07) is 11.1. The van der Waals surface area contributed by atoms with E-state index in [4.69, 9.17) is 10.8 Å². The zero-order valence-electron chi connectivity index (χ0n) is 23.8. The van der Waals surface area contributed by atoms with E-state index in [1.807, 2.05) is 6.92 Å². The molecule has 15 heteroatoms. The molecule has 0 spiro atoms. The number of carboxylic acid groups (broad SMARTS) is 1. The van der Waals surface area contributed by atoms with Crippen LogP contribution in [0.4, 0.5) is 22.9 Å². The van der Waals surface area contributed by atoms with Gasteiger partial charge in [-0.3, -0.25) is 24.4 Å². The molecule has 236 valence electrons. The fraction of sp³-hybridized carbons (Fsp3) is 0.379. The topological polar surface area (TPSA) is 236 Å². The summed E-state index contributed by atoms with van der Waals surface area (Å²) in [4.78, 5) is 57.7. The molecule has 8 N–H and O–H groups in total. The molecular weight excluding hydrogens is 594 g/mol. The second-order valence-electron chi connectivity index (χ2n) is 10.4. The number of carboxylic acids is 1. The fourth-order valence-corrected chi connectivity index (χ4v) is 5.93. The minimum absolute atomic E-state index is 0.00220. The van der Waals surface area contributed by atoms with Crippen molar-refractivity contribution in [3.05, 3.63) is 80.0 Å². The van der Waals surface area contributed by atoms with Gasteiger partial charge in [0.1, 0.15) is 29.8 Å². The molecule has 0 bridgehead atoms. The van der Waals surface area contributed by atoms with Gasteiger partial charge in [-0.1, -0.05) is 30.3 Å². The first-order chi connectivity index (χ1) is 20.9. The van der Waals surface area contributed by atoms with Crippen molar-refractivity contribution in [3.63, 3.8) is 0 Å². The van der Waals surface area contributed by atoms with E-state index in [1.54, 1.807) is 47.4 Å². The van der Waals surface area contributed by atoms with Crippen molar-refractivity contribution in [1.29, 1.82) is 0 Å². The Bertz CT molecular complexity index is 1610. The van der Waals surface area contributed by atoms with Gasteiger partial charge in [0.05, 0.1) is 24.0 Å². The number of carbonyl (C=O) groups excluding carboxylic acids is 1. The van der Waals surface area contributed by atoms with E-state index in [-0.39, 0.29) is 36.0 Å². The first-order valence-corrected chi connectivity index (χ1v) is 14.9. The Morgan fingerprint density at radius 3 is 2.36 bits per heavy atom. The zero-order chi connectivity index (χ0) is 32.1. The largest absolute Gasteiger partial charge is 0.853 e. The maximum absolute atomic E-state index is 13.3. The summed E-state index contributed by atoms with van der Waals surface area (Å²) >= 11 is 1.29. The van der Waals surface area contributed by atoms with E-state index in [2.05, 4.69) is 9.97 Å². The van der Waals surface area contributed by atoms with Crippen molar-refractivity contribution in [2.75, 3.05) is 35.2 Å². The number of aliphatic hydroxyl groups is 3. The molecule has 1 aromatic heterocycles. The number of H-pyrrole nitrogens is 2. The number of ketones is 1. The lowest BCUT2D eigenvalue weighted by Crippen LogP contribution is -2.48. The number of fused-ring (bicyclic) bond motifs is 2. The van der Waals surface area contributed by atoms with Crippen LogP contribution in [0.3, 0.4) is 0 Å². The summed E-state index contributed by atoms with van der Waals surface area (Å²) in [5.74, 6) is -0.866. The Kier molecular flexibility index (Phi) is 10.6. The van der Waals surface area contributed by atoms with Gasteiger partial charge in [-0.2, -0.15) is 11.8 Å². The highest BCUT2D eigenvalue weighted by molar-refractivity contribution is 7.98. The minimum Gasteiger partial charge on any atom is -0.853 e. The van der Waals surface area contributed by atoms with Crippen LogP contribution in [0.5, 0.6) is 0 Å². The molecule has 44 heavy (non-hydrogen) atoms. The normalized spacial score (nSPS) is 15.2. The highest BCUT2D eigenvalue weighted by Gasteiger charge is 2.35. The van der Waals surface area contributed by atoms with Crippen LogP contribution in [0.25, 0.3) is 0 Å². The van der Waals surface area contributed by atoms with Crippen LogP contribution in [-0.4, -0.2) is 91.9 Å². The lowest BCUT2D eigenvalue weighted by atomic mass is 10.0. The number of thioether (sulfide) groups is 1. The number of aromatic nitrogens is 2. The molecule has 0 saturated carbocycles. The summed E-state index contributed by atoms with van der Waals surface area (Å²) < 4.78 is 0. The molecule has 0 fully saturated rings. The van der Waals surface area contributed by atoms with Crippen LogP contribution in [0.1, 0.15) is 27.9 Å². The van der Waals surface area contributed by atoms with Crippen molar-refractivity contribution in [2.45, 2.75) is 43.5 Å². The number of aliphatic carboxylic acids is 1. The molecule has 4 atom stereocenters. The quantitative estimate of drug-likeness (QED) is 0.110. The Morgan fingerprint density at radius 1 is 1.02 bits per heavy atom. The molecule has 4 rings (SSSR count). The van der Waals surface area contributed by atoms with Gasteiger partial charge >= 0.3 is 11.7 Å². The smallest absolute Gasteiger partial charge is 0.327 e. The minimum atomic E-state index is -1.83. The van der Waals surface area contributed by atoms with Crippen LogP contribution >= 0.6 is 11.8 Å². The van der Waals surface area contributed by atoms with Gasteiger partial charge in [0.25, 0.3) is 5.56 Å². The monoisotopic (exact) mass is 628 g/mol.